The van der Waals surface area contributed by atoms with E-state index in [4.69, 9.17) is 4.74 Å². The van der Waals surface area contributed by atoms with Crippen LogP contribution >= 0.6 is 0 Å². The molecule has 0 amide bonds. The highest BCUT2D eigenvalue weighted by Gasteiger charge is 2.27. The Morgan fingerprint density at radius 3 is 2.75 bits per heavy atom. The molecule has 16 heavy (non-hydrogen) atoms. The van der Waals surface area contributed by atoms with E-state index in [1.165, 1.54) is 0 Å². The van der Waals surface area contributed by atoms with Gasteiger partial charge in [0.25, 0.3) is 0 Å². The first-order valence-electron chi connectivity index (χ1n) is 5.41. The van der Waals surface area contributed by atoms with Crippen molar-refractivity contribution in [3.05, 3.63) is 0 Å². The van der Waals surface area contributed by atoms with Crippen LogP contribution in [0.5, 0.6) is 0 Å². The normalized spacial score (nSPS) is 23.6. The minimum absolute atomic E-state index is 0.150. The lowest BCUT2D eigenvalue weighted by atomic mass is 10.1. The number of alkyl halides is 3. The molecule has 1 saturated heterocycles. The maximum Gasteiger partial charge on any atom is 0.411 e. The van der Waals surface area contributed by atoms with Crippen molar-refractivity contribution in [2.75, 3.05) is 19.8 Å². The predicted molar refractivity (Wildman–Crippen MR) is 51.1 cm³/mol. The first kappa shape index (κ1) is 13.7. The quantitative estimate of drug-likeness (QED) is 0.773. The summed E-state index contributed by atoms with van der Waals surface area (Å²) in [6.45, 7) is -0.832. The van der Waals surface area contributed by atoms with Gasteiger partial charge in [-0.1, -0.05) is 0 Å². The number of hydrogen-bond acceptors (Lipinski definition) is 3. The Balaban J connectivity index is 2.00. The molecule has 2 unspecified atom stereocenters. The van der Waals surface area contributed by atoms with Crippen LogP contribution in [0.25, 0.3) is 0 Å². The molecule has 1 rings (SSSR count). The molecule has 0 saturated carbocycles. The van der Waals surface area contributed by atoms with Crippen molar-refractivity contribution in [3.63, 3.8) is 0 Å². The minimum Gasteiger partial charge on any atom is -0.391 e. The van der Waals surface area contributed by atoms with E-state index in [9.17, 15) is 18.3 Å². The monoisotopic (exact) mass is 242 g/mol. The van der Waals surface area contributed by atoms with Crippen LogP contribution in [0.3, 0.4) is 0 Å². The lowest BCUT2D eigenvalue weighted by Gasteiger charge is -2.14. The van der Waals surface area contributed by atoms with E-state index in [-0.39, 0.29) is 12.7 Å². The van der Waals surface area contributed by atoms with Crippen LogP contribution in [0.2, 0.25) is 0 Å². The fraction of sp³-hybridized carbons (Fsp3) is 1.00. The maximum atomic E-state index is 11.7. The van der Waals surface area contributed by atoms with Crippen LogP contribution in [0.1, 0.15) is 25.7 Å². The molecule has 3 nitrogen and oxygen atoms in total. The van der Waals surface area contributed by atoms with Gasteiger partial charge in [-0.15, -0.1) is 0 Å². The largest absolute Gasteiger partial charge is 0.411 e. The Morgan fingerprint density at radius 2 is 2.19 bits per heavy atom. The summed E-state index contributed by atoms with van der Waals surface area (Å²) in [5, 5.41) is 9.36. The second-order valence-corrected chi connectivity index (χ2v) is 4.00. The van der Waals surface area contributed by atoms with Crippen LogP contribution in [0.15, 0.2) is 0 Å². The second kappa shape index (κ2) is 6.42. The smallest absolute Gasteiger partial charge is 0.391 e. The van der Waals surface area contributed by atoms with Gasteiger partial charge in [-0.3, -0.25) is 0 Å². The molecule has 1 aliphatic rings. The molecule has 1 N–H and O–H groups in total. The van der Waals surface area contributed by atoms with E-state index in [0.717, 1.165) is 19.4 Å². The third-order valence-corrected chi connectivity index (χ3v) is 2.42. The van der Waals surface area contributed by atoms with E-state index >= 15 is 0 Å². The van der Waals surface area contributed by atoms with Gasteiger partial charge >= 0.3 is 6.18 Å². The van der Waals surface area contributed by atoms with Crippen LogP contribution in [-0.2, 0) is 9.47 Å². The fourth-order valence-corrected chi connectivity index (χ4v) is 1.64. The molecular formula is C10H17F3O3. The highest BCUT2D eigenvalue weighted by atomic mass is 19.4. The number of hydrogen-bond donors (Lipinski definition) is 1. The Morgan fingerprint density at radius 1 is 1.44 bits per heavy atom. The highest BCUT2D eigenvalue weighted by molar-refractivity contribution is 4.67. The molecule has 2 atom stereocenters. The van der Waals surface area contributed by atoms with Crippen LogP contribution in [0, 0.1) is 0 Å². The summed E-state index contributed by atoms with van der Waals surface area (Å²) in [7, 11) is 0. The highest BCUT2D eigenvalue weighted by Crippen LogP contribution is 2.18. The molecule has 0 radical (unpaired) electrons. The summed E-state index contributed by atoms with van der Waals surface area (Å²) in [6.07, 6.45) is -1.93. The van der Waals surface area contributed by atoms with Crippen molar-refractivity contribution in [3.8, 4) is 0 Å². The molecule has 0 aromatic carbocycles. The third kappa shape index (κ3) is 6.30. The Kier molecular flexibility index (Phi) is 5.51. The van der Waals surface area contributed by atoms with Gasteiger partial charge in [0.2, 0.25) is 0 Å². The molecule has 0 aromatic heterocycles. The lowest BCUT2D eigenvalue weighted by molar-refractivity contribution is -0.179. The second-order valence-electron chi connectivity index (χ2n) is 4.00. The average Bonchev–Trinajstić information content (AvgIpc) is 2.65. The standard InChI is InChI=1S/C10H17F3O3/c11-10(12,13)7-15-6-8(14)3-4-9-2-1-5-16-9/h8-9,14H,1-7H2. The molecule has 1 aliphatic heterocycles. The molecule has 96 valence electrons. The molecule has 0 aliphatic carbocycles. The Bertz CT molecular complexity index is 190. The summed E-state index contributed by atoms with van der Waals surface area (Å²) >= 11 is 0. The molecule has 0 spiro atoms. The van der Waals surface area contributed by atoms with Gasteiger partial charge in [-0.25, -0.2) is 0 Å². The number of rotatable bonds is 6. The van der Waals surface area contributed by atoms with Crippen LogP contribution in [-0.4, -0.2) is 43.3 Å². The molecule has 6 heteroatoms. The summed E-state index contributed by atoms with van der Waals surface area (Å²) in [5.74, 6) is 0. The van der Waals surface area contributed by atoms with Gasteiger partial charge in [0.15, 0.2) is 0 Å². The van der Waals surface area contributed by atoms with E-state index in [0.29, 0.717) is 12.8 Å². The van der Waals surface area contributed by atoms with E-state index in [1.54, 1.807) is 0 Å². The van der Waals surface area contributed by atoms with Crippen LogP contribution in [0.4, 0.5) is 13.2 Å². The third-order valence-electron chi connectivity index (χ3n) is 2.42. The first-order valence-corrected chi connectivity index (χ1v) is 5.41. The van der Waals surface area contributed by atoms with Crippen molar-refractivity contribution in [2.24, 2.45) is 0 Å². The van der Waals surface area contributed by atoms with Crippen molar-refractivity contribution in [1.29, 1.82) is 0 Å². The van der Waals surface area contributed by atoms with E-state index in [2.05, 4.69) is 4.74 Å². The number of halogens is 3. The molecule has 0 aromatic rings. The molecule has 1 heterocycles. The lowest BCUT2D eigenvalue weighted by Crippen LogP contribution is -2.23. The Labute approximate surface area is 92.5 Å². The summed E-state index contributed by atoms with van der Waals surface area (Å²) < 4.78 is 44.8. The number of aliphatic hydroxyl groups is 1. The average molecular weight is 242 g/mol. The van der Waals surface area contributed by atoms with Gasteiger partial charge in [0.05, 0.1) is 18.8 Å². The Hall–Kier alpha value is -0.330. The van der Waals surface area contributed by atoms with Gasteiger partial charge in [0.1, 0.15) is 6.61 Å². The zero-order chi connectivity index (χ0) is 12.0. The SMILES string of the molecule is OC(CCC1CCCO1)COCC(F)(F)F. The summed E-state index contributed by atoms with van der Waals surface area (Å²) in [4.78, 5) is 0. The molecule has 0 bridgehead atoms. The maximum absolute atomic E-state index is 11.7. The van der Waals surface area contributed by atoms with Gasteiger partial charge < -0.3 is 14.6 Å². The zero-order valence-electron chi connectivity index (χ0n) is 9.00. The first-order chi connectivity index (χ1) is 7.47. The van der Waals surface area contributed by atoms with Crippen LogP contribution < -0.4 is 0 Å². The molecular weight excluding hydrogens is 225 g/mol. The van der Waals surface area contributed by atoms with Gasteiger partial charge in [0, 0.05) is 6.61 Å². The van der Waals surface area contributed by atoms with Crippen molar-refractivity contribution >= 4 is 0 Å². The number of ether oxygens (including phenoxy) is 2. The van der Waals surface area contributed by atoms with Gasteiger partial charge in [-0.05, 0) is 25.7 Å². The van der Waals surface area contributed by atoms with E-state index < -0.39 is 18.9 Å². The molecule has 1 fully saturated rings. The minimum atomic E-state index is -4.33. The van der Waals surface area contributed by atoms with Crippen molar-refractivity contribution < 1.29 is 27.8 Å². The topological polar surface area (TPSA) is 38.7 Å². The van der Waals surface area contributed by atoms with Crippen molar-refractivity contribution in [2.45, 2.75) is 44.1 Å². The predicted octanol–water partition coefficient (Wildman–Crippen LogP) is 1.89. The van der Waals surface area contributed by atoms with Crippen molar-refractivity contribution in [1.82, 2.24) is 0 Å². The van der Waals surface area contributed by atoms with Gasteiger partial charge in [-0.2, -0.15) is 13.2 Å². The van der Waals surface area contributed by atoms with E-state index in [1.807, 2.05) is 0 Å². The zero-order valence-corrected chi connectivity index (χ0v) is 9.00. The fourth-order valence-electron chi connectivity index (χ4n) is 1.64. The number of aliphatic hydroxyl groups excluding tert-OH is 1. The summed E-state index contributed by atoms with van der Waals surface area (Å²) in [5.41, 5.74) is 0. The summed E-state index contributed by atoms with van der Waals surface area (Å²) in [6, 6.07) is 0.